The van der Waals surface area contributed by atoms with E-state index < -0.39 is 0 Å². The van der Waals surface area contributed by atoms with Gasteiger partial charge in [-0.2, -0.15) is 5.10 Å². The van der Waals surface area contributed by atoms with Crippen molar-refractivity contribution in [3.8, 4) is 5.75 Å². The SMILES string of the molecule is Clc1ccc2c(c1)CC(CNCCn1cccn1)O2. The predicted molar refractivity (Wildman–Crippen MR) is 74.7 cm³/mol. The van der Waals surface area contributed by atoms with Crippen LogP contribution in [-0.4, -0.2) is 29.0 Å². The third kappa shape index (κ3) is 3.08. The number of aromatic nitrogens is 2. The zero-order valence-electron chi connectivity index (χ0n) is 10.6. The number of benzene rings is 1. The van der Waals surface area contributed by atoms with Crippen LogP contribution < -0.4 is 10.1 Å². The largest absolute Gasteiger partial charge is 0.488 e. The van der Waals surface area contributed by atoms with Crippen molar-refractivity contribution >= 4 is 11.6 Å². The highest BCUT2D eigenvalue weighted by Gasteiger charge is 2.22. The maximum absolute atomic E-state index is 5.97. The topological polar surface area (TPSA) is 39.1 Å². The zero-order valence-corrected chi connectivity index (χ0v) is 11.3. The van der Waals surface area contributed by atoms with Gasteiger partial charge in [-0.1, -0.05) is 11.6 Å². The maximum atomic E-state index is 5.97. The molecule has 5 heteroatoms. The van der Waals surface area contributed by atoms with Crippen LogP contribution in [0.2, 0.25) is 5.02 Å². The Morgan fingerprint density at radius 3 is 3.26 bits per heavy atom. The van der Waals surface area contributed by atoms with E-state index in [1.54, 1.807) is 6.20 Å². The van der Waals surface area contributed by atoms with Gasteiger partial charge in [0.15, 0.2) is 0 Å². The summed E-state index contributed by atoms with van der Waals surface area (Å²) in [5, 5.41) is 8.33. The first-order valence-corrected chi connectivity index (χ1v) is 6.82. The summed E-state index contributed by atoms with van der Waals surface area (Å²) in [7, 11) is 0. The molecule has 1 aliphatic heterocycles. The third-order valence-corrected chi connectivity index (χ3v) is 3.45. The molecule has 1 N–H and O–H groups in total. The average Bonchev–Trinajstić information content (AvgIpc) is 3.02. The molecule has 0 amide bonds. The van der Waals surface area contributed by atoms with Crippen molar-refractivity contribution in [2.45, 2.75) is 19.1 Å². The summed E-state index contributed by atoms with van der Waals surface area (Å²) in [6.45, 7) is 2.60. The molecular weight excluding hydrogens is 262 g/mol. The lowest BCUT2D eigenvalue weighted by atomic mass is 10.1. The molecule has 19 heavy (non-hydrogen) atoms. The second-order valence-electron chi connectivity index (χ2n) is 4.67. The van der Waals surface area contributed by atoms with Crippen molar-refractivity contribution in [3.05, 3.63) is 47.2 Å². The highest BCUT2D eigenvalue weighted by Crippen LogP contribution is 2.30. The molecule has 1 aromatic carbocycles. The summed E-state index contributed by atoms with van der Waals surface area (Å²) >= 11 is 5.97. The van der Waals surface area contributed by atoms with E-state index in [-0.39, 0.29) is 6.10 Å². The van der Waals surface area contributed by atoms with E-state index in [2.05, 4.69) is 10.4 Å². The standard InChI is InChI=1S/C14H16ClN3O/c15-12-2-3-14-11(8-12)9-13(19-14)10-16-5-7-18-6-1-4-17-18/h1-4,6,8,13,16H,5,7,9-10H2. The van der Waals surface area contributed by atoms with Crippen LogP contribution >= 0.6 is 11.6 Å². The van der Waals surface area contributed by atoms with E-state index in [0.29, 0.717) is 0 Å². The number of hydrogen-bond acceptors (Lipinski definition) is 3. The van der Waals surface area contributed by atoms with Gasteiger partial charge >= 0.3 is 0 Å². The van der Waals surface area contributed by atoms with Gasteiger partial charge in [0.05, 0.1) is 6.54 Å². The van der Waals surface area contributed by atoms with Crippen molar-refractivity contribution in [1.29, 1.82) is 0 Å². The van der Waals surface area contributed by atoms with E-state index in [4.69, 9.17) is 16.3 Å². The van der Waals surface area contributed by atoms with Crippen LogP contribution in [0.4, 0.5) is 0 Å². The van der Waals surface area contributed by atoms with Crippen molar-refractivity contribution in [2.24, 2.45) is 0 Å². The van der Waals surface area contributed by atoms with Crippen LogP contribution in [0.25, 0.3) is 0 Å². The molecule has 0 fully saturated rings. The fourth-order valence-corrected chi connectivity index (χ4v) is 2.49. The van der Waals surface area contributed by atoms with Gasteiger partial charge in [0.2, 0.25) is 0 Å². The smallest absolute Gasteiger partial charge is 0.123 e. The molecule has 2 heterocycles. The minimum atomic E-state index is 0.200. The Balaban J connectivity index is 1.43. The highest BCUT2D eigenvalue weighted by molar-refractivity contribution is 6.30. The van der Waals surface area contributed by atoms with Gasteiger partial charge in [0.25, 0.3) is 0 Å². The predicted octanol–water partition coefficient (Wildman–Crippen LogP) is 2.13. The van der Waals surface area contributed by atoms with Gasteiger partial charge in [-0.25, -0.2) is 0 Å². The lowest BCUT2D eigenvalue weighted by Gasteiger charge is -2.11. The average molecular weight is 278 g/mol. The Bertz CT molecular complexity index is 542. The molecule has 0 bridgehead atoms. The molecule has 1 aliphatic rings. The molecular formula is C14H16ClN3O. The number of hydrogen-bond donors (Lipinski definition) is 1. The Kier molecular flexibility index (Phi) is 3.71. The first-order valence-electron chi connectivity index (χ1n) is 6.44. The van der Waals surface area contributed by atoms with E-state index in [1.165, 1.54) is 5.56 Å². The minimum Gasteiger partial charge on any atom is -0.488 e. The Labute approximate surface area is 117 Å². The second kappa shape index (κ2) is 5.63. The highest BCUT2D eigenvalue weighted by atomic mass is 35.5. The van der Waals surface area contributed by atoms with E-state index >= 15 is 0 Å². The molecule has 2 aromatic rings. The number of rotatable bonds is 5. The molecule has 1 atom stereocenters. The lowest BCUT2D eigenvalue weighted by Crippen LogP contribution is -2.32. The first kappa shape index (κ1) is 12.5. The van der Waals surface area contributed by atoms with Crippen molar-refractivity contribution in [1.82, 2.24) is 15.1 Å². The molecule has 100 valence electrons. The van der Waals surface area contributed by atoms with Crippen LogP contribution in [0.15, 0.2) is 36.7 Å². The van der Waals surface area contributed by atoms with Crippen molar-refractivity contribution in [3.63, 3.8) is 0 Å². The van der Waals surface area contributed by atoms with Crippen LogP contribution in [0.3, 0.4) is 0 Å². The number of nitrogens with zero attached hydrogens (tertiary/aromatic N) is 2. The molecule has 1 unspecified atom stereocenters. The molecule has 3 rings (SSSR count). The molecule has 0 aliphatic carbocycles. The zero-order chi connectivity index (χ0) is 13.1. The van der Waals surface area contributed by atoms with Gasteiger partial charge in [-0.3, -0.25) is 4.68 Å². The number of nitrogens with one attached hydrogen (secondary N) is 1. The Morgan fingerprint density at radius 1 is 1.47 bits per heavy atom. The summed E-state index contributed by atoms with van der Waals surface area (Å²) in [5.74, 6) is 0.961. The minimum absolute atomic E-state index is 0.200. The third-order valence-electron chi connectivity index (χ3n) is 3.21. The summed E-state index contributed by atoms with van der Waals surface area (Å²) in [4.78, 5) is 0. The number of fused-ring (bicyclic) bond motifs is 1. The lowest BCUT2D eigenvalue weighted by molar-refractivity contribution is 0.227. The van der Waals surface area contributed by atoms with Crippen LogP contribution in [0.1, 0.15) is 5.56 Å². The Hall–Kier alpha value is -1.52. The Morgan fingerprint density at radius 2 is 2.42 bits per heavy atom. The van der Waals surface area contributed by atoms with Crippen molar-refractivity contribution < 1.29 is 4.74 Å². The van der Waals surface area contributed by atoms with Crippen LogP contribution in [-0.2, 0) is 13.0 Å². The fourth-order valence-electron chi connectivity index (χ4n) is 2.29. The second-order valence-corrected chi connectivity index (χ2v) is 5.11. The monoisotopic (exact) mass is 277 g/mol. The van der Waals surface area contributed by atoms with Gasteiger partial charge in [-0.05, 0) is 29.8 Å². The molecule has 4 nitrogen and oxygen atoms in total. The van der Waals surface area contributed by atoms with Gasteiger partial charge < -0.3 is 10.1 Å². The molecule has 0 spiro atoms. The summed E-state index contributed by atoms with van der Waals surface area (Å²) in [6, 6.07) is 7.73. The van der Waals surface area contributed by atoms with Crippen LogP contribution in [0.5, 0.6) is 5.75 Å². The summed E-state index contributed by atoms with van der Waals surface area (Å²) in [5.41, 5.74) is 1.20. The van der Waals surface area contributed by atoms with E-state index in [9.17, 15) is 0 Å². The maximum Gasteiger partial charge on any atom is 0.123 e. The van der Waals surface area contributed by atoms with Crippen molar-refractivity contribution in [2.75, 3.05) is 13.1 Å². The van der Waals surface area contributed by atoms with Gasteiger partial charge in [-0.15, -0.1) is 0 Å². The molecule has 0 saturated heterocycles. The van der Waals surface area contributed by atoms with Gasteiger partial charge in [0.1, 0.15) is 11.9 Å². The number of halogens is 1. The summed E-state index contributed by atoms with van der Waals surface area (Å²) in [6.07, 6.45) is 4.88. The quantitative estimate of drug-likeness (QED) is 0.851. The van der Waals surface area contributed by atoms with Crippen LogP contribution in [0, 0.1) is 0 Å². The summed E-state index contributed by atoms with van der Waals surface area (Å²) < 4.78 is 7.77. The first-order chi connectivity index (χ1) is 9.31. The number of ether oxygens (including phenoxy) is 1. The molecule has 0 radical (unpaired) electrons. The van der Waals surface area contributed by atoms with E-state index in [1.807, 2.05) is 35.1 Å². The van der Waals surface area contributed by atoms with Gasteiger partial charge in [0, 0.05) is 36.9 Å². The molecule has 1 aromatic heterocycles. The molecule has 0 saturated carbocycles. The van der Waals surface area contributed by atoms with E-state index in [0.717, 1.165) is 36.8 Å². The fraction of sp³-hybridized carbons (Fsp3) is 0.357. The normalized spacial score (nSPS) is 17.2.